The van der Waals surface area contributed by atoms with Gasteiger partial charge in [-0.2, -0.15) is 0 Å². The van der Waals surface area contributed by atoms with Crippen LogP contribution in [0.15, 0.2) is 48.7 Å². The second kappa shape index (κ2) is 8.53. The largest absolute Gasteiger partial charge is 0.337 e. The highest BCUT2D eigenvalue weighted by molar-refractivity contribution is 5.93. The van der Waals surface area contributed by atoms with Gasteiger partial charge in [0.25, 0.3) is 0 Å². The van der Waals surface area contributed by atoms with Gasteiger partial charge in [0.05, 0.1) is 0 Å². The first-order chi connectivity index (χ1) is 11.2. The summed E-state index contributed by atoms with van der Waals surface area (Å²) < 4.78 is 0. The van der Waals surface area contributed by atoms with Gasteiger partial charge in [-0.05, 0) is 30.3 Å². The van der Waals surface area contributed by atoms with Crippen molar-refractivity contribution < 1.29 is 9.59 Å². The molecule has 0 saturated carbocycles. The van der Waals surface area contributed by atoms with Crippen molar-refractivity contribution in [2.75, 3.05) is 17.2 Å². The zero-order valence-corrected chi connectivity index (χ0v) is 13.0. The molecular weight excluding hydrogens is 292 g/mol. The molecule has 0 fully saturated rings. The third-order valence-electron chi connectivity index (χ3n) is 3.12. The van der Waals surface area contributed by atoms with Gasteiger partial charge in [0, 0.05) is 42.7 Å². The van der Waals surface area contributed by atoms with Gasteiger partial charge in [-0.1, -0.05) is 19.1 Å². The third-order valence-corrected chi connectivity index (χ3v) is 3.12. The molecule has 2 rings (SSSR count). The number of carbonyl (C=O) groups is 2. The van der Waals surface area contributed by atoms with Gasteiger partial charge >= 0.3 is 6.03 Å². The number of hydrogen-bond donors (Lipinski definition) is 3. The van der Waals surface area contributed by atoms with Crippen LogP contribution in [0.5, 0.6) is 0 Å². The first kappa shape index (κ1) is 16.5. The number of carbonyl (C=O) groups excluding carboxylic acids is 2. The Hall–Kier alpha value is -2.89. The molecule has 0 unspecified atom stereocenters. The van der Waals surface area contributed by atoms with E-state index >= 15 is 0 Å². The molecule has 0 aliphatic carbocycles. The van der Waals surface area contributed by atoms with Crippen LogP contribution in [0.1, 0.15) is 19.0 Å². The second-order valence-electron chi connectivity index (χ2n) is 4.93. The monoisotopic (exact) mass is 312 g/mol. The zero-order valence-electron chi connectivity index (χ0n) is 13.0. The van der Waals surface area contributed by atoms with Crippen molar-refractivity contribution in [3.63, 3.8) is 0 Å². The molecule has 0 bridgehead atoms. The SMILES string of the molecule is CCC(=O)Nc1cccc(NC(=O)NCCc2ccccn2)c1. The van der Waals surface area contributed by atoms with Crippen LogP contribution in [0.25, 0.3) is 0 Å². The van der Waals surface area contributed by atoms with Crippen LogP contribution < -0.4 is 16.0 Å². The molecule has 6 nitrogen and oxygen atoms in total. The van der Waals surface area contributed by atoms with Gasteiger partial charge in [0.1, 0.15) is 0 Å². The average Bonchev–Trinajstić information content (AvgIpc) is 2.56. The van der Waals surface area contributed by atoms with Crippen LogP contribution in [-0.4, -0.2) is 23.5 Å². The Labute approximate surface area is 135 Å². The molecular formula is C17H20N4O2. The number of rotatable bonds is 6. The van der Waals surface area contributed by atoms with Gasteiger partial charge in [0.15, 0.2) is 0 Å². The normalized spacial score (nSPS) is 9.96. The Morgan fingerprint density at radius 3 is 2.52 bits per heavy atom. The Bertz CT molecular complexity index is 659. The standard InChI is InChI=1S/C17H20N4O2/c1-2-16(22)20-14-7-5-8-15(12-14)21-17(23)19-11-9-13-6-3-4-10-18-13/h3-8,10,12H,2,9,11H2,1H3,(H,20,22)(H2,19,21,23). The lowest BCUT2D eigenvalue weighted by atomic mass is 10.2. The molecule has 2 aromatic rings. The van der Waals surface area contributed by atoms with E-state index in [2.05, 4.69) is 20.9 Å². The minimum absolute atomic E-state index is 0.0676. The highest BCUT2D eigenvalue weighted by Crippen LogP contribution is 2.15. The number of nitrogens with zero attached hydrogens (tertiary/aromatic N) is 1. The van der Waals surface area contributed by atoms with E-state index in [-0.39, 0.29) is 11.9 Å². The summed E-state index contributed by atoms with van der Waals surface area (Å²) in [4.78, 5) is 27.4. The maximum absolute atomic E-state index is 11.9. The van der Waals surface area contributed by atoms with E-state index in [1.807, 2.05) is 18.2 Å². The smallest absolute Gasteiger partial charge is 0.319 e. The average molecular weight is 312 g/mol. The van der Waals surface area contributed by atoms with Gasteiger partial charge in [-0.15, -0.1) is 0 Å². The van der Waals surface area contributed by atoms with Crippen molar-refractivity contribution in [3.8, 4) is 0 Å². The first-order valence-corrected chi connectivity index (χ1v) is 7.52. The van der Waals surface area contributed by atoms with Crippen molar-refractivity contribution in [3.05, 3.63) is 54.4 Å². The molecule has 3 N–H and O–H groups in total. The van der Waals surface area contributed by atoms with Crippen molar-refractivity contribution >= 4 is 23.3 Å². The lowest BCUT2D eigenvalue weighted by Crippen LogP contribution is -2.30. The Kier molecular flexibility index (Phi) is 6.11. The lowest BCUT2D eigenvalue weighted by molar-refractivity contribution is -0.115. The van der Waals surface area contributed by atoms with Crippen LogP contribution in [0.4, 0.5) is 16.2 Å². The van der Waals surface area contributed by atoms with Crippen LogP contribution in [0.3, 0.4) is 0 Å². The fourth-order valence-electron chi connectivity index (χ4n) is 1.95. The summed E-state index contributed by atoms with van der Waals surface area (Å²) in [5.74, 6) is -0.0676. The van der Waals surface area contributed by atoms with E-state index in [0.29, 0.717) is 30.8 Å². The van der Waals surface area contributed by atoms with Gasteiger partial charge in [-0.25, -0.2) is 4.79 Å². The molecule has 0 radical (unpaired) electrons. The topological polar surface area (TPSA) is 83.1 Å². The highest BCUT2D eigenvalue weighted by atomic mass is 16.2. The summed E-state index contributed by atoms with van der Waals surface area (Å²) >= 11 is 0. The molecule has 0 saturated heterocycles. The molecule has 1 heterocycles. The zero-order chi connectivity index (χ0) is 16.5. The predicted molar refractivity (Wildman–Crippen MR) is 90.3 cm³/mol. The molecule has 23 heavy (non-hydrogen) atoms. The summed E-state index contributed by atoms with van der Waals surface area (Å²) in [6.07, 6.45) is 2.80. The fourth-order valence-corrected chi connectivity index (χ4v) is 1.95. The number of amides is 3. The van der Waals surface area contributed by atoms with Crippen LogP contribution >= 0.6 is 0 Å². The quantitative estimate of drug-likeness (QED) is 0.767. The van der Waals surface area contributed by atoms with Gasteiger partial charge < -0.3 is 16.0 Å². The van der Waals surface area contributed by atoms with E-state index < -0.39 is 0 Å². The molecule has 0 atom stereocenters. The Balaban J connectivity index is 1.80. The first-order valence-electron chi connectivity index (χ1n) is 7.52. The number of hydrogen-bond acceptors (Lipinski definition) is 3. The van der Waals surface area contributed by atoms with Crippen molar-refractivity contribution in [2.24, 2.45) is 0 Å². The van der Waals surface area contributed by atoms with Gasteiger partial charge in [-0.3, -0.25) is 9.78 Å². The van der Waals surface area contributed by atoms with Crippen molar-refractivity contribution in [1.82, 2.24) is 10.3 Å². The number of nitrogens with one attached hydrogen (secondary N) is 3. The predicted octanol–water partition coefficient (Wildman–Crippen LogP) is 2.79. The minimum Gasteiger partial charge on any atom is -0.337 e. The summed E-state index contributed by atoms with van der Waals surface area (Å²) in [6.45, 7) is 2.28. The maximum atomic E-state index is 11.9. The number of pyridine rings is 1. The summed E-state index contributed by atoms with van der Waals surface area (Å²) in [7, 11) is 0. The molecule has 6 heteroatoms. The number of anilines is 2. The number of urea groups is 1. The van der Waals surface area contributed by atoms with Crippen molar-refractivity contribution in [2.45, 2.75) is 19.8 Å². The van der Waals surface area contributed by atoms with Crippen LogP contribution in [-0.2, 0) is 11.2 Å². The van der Waals surface area contributed by atoms with Crippen LogP contribution in [0, 0.1) is 0 Å². The number of benzene rings is 1. The van der Waals surface area contributed by atoms with E-state index in [9.17, 15) is 9.59 Å². The molecule has 1 aromatic heterocycles. The Morgan fingerprint density at radius 1 is 1.04 bits per heavy atom. The Morgan fingerprint density at radius 2 is 1.83 bits per heavy atom. The fraction of sp³-hybridized carbons (Fsp3) is 0.235. The third kappa shape index (κ3) is 5.78. The van der Waals surface area contributed by atoms with E-state index in [1.165, 1.54) is 0 Å². The van der Waals surface area contributed by atoms with E-state index in [0.717, 1.165) is 5.69 Å². The number of aromatic nitrogens is 1. The minimum atomic E-state index is -0.292. The molecule has 120 valence electrons. The lowest BCUT2D eigenvalue weighted by Gasteiger charge is -2.09. The van der Waals surface area contributed by atoms with E-state index in [4.69, 9.17) is 0 Å². The van der Waals surface area contributed by atoms with E-state index in [1.54, 1.807) is 37.4 Å². The molecule has 3 amide bonds. The summed E-state index contributed by atoms with van der Waals surface area (Å²) in [5, 5.41) is 8.26. The summed E-state index contributed by atoms with van der Waals surface area (Å²) in [5.41, 5.74) is 2.20. The van der Waals surface area contributed by atoms with Crippen molar-refractivity contribution in [1.29, 1.82) is 0 Å². The molecule has 0 aliphatic heterocycles. The van der Waals surface area contributed by atoms with Crippen LogP contribution in [0.2, 0.25) is 0 Å². The molecule has 0 aliphatic rings. The maximum Gasteiger partial charge on any atom is 0.319 e. The summed E-state index contributed by atoms with van der Waals surface area (Å²) in [6, 6.07) is 12.4. The van der Waals surface area contributed by atoms with Gasteiger partial charge in [0.2, 0.25) is 5.91 Å². The molecule has 0 spiro atoms. The molecule has 1 aromatic carbocycles. The second-order valence-corrected chi connectivity index (χ2v) is 4.93. The highest BCUT2D eigenvalue weighted by Gasteiger charge is 2.04.